The van der Waals surface area contributed by atoms with Crippen molar-refractivity contribution in [3.05, 3.63) is 17.9 Å². The normalized spacial score (nSPS) is 18.1. The lowest BCUT2D eigenvalue weighted by molar-refractivity contribution is 0.348. The lowest BCUT2D eigenvalue weighted by atomic mass is 10.3. The van der Waals surface area contributed by atoms with Gasteiger partial charge in [-0.1, -0.05) is 0 Å². The van der Waals surface area contributed by atoms with Crippen molar-refractivity contribution in [1.29, 1.82) is 0 Å². The SMILES string of the molecule is COc1cc(F)c(S(=O)(=O)N(C)C2CCNC2)cc1OC.Cl. The second-order valence-corrected chi connectivity index (χ2v) is 6.77. The highest BCUT2D eigenvalue weighted by Gasteiger charge is 2.32. The Morgan fingerprint density at radius 1 is 1.27 bits per heavy atom. The van der Waals surface area contributed by atoms with Crippen molar-refractivity contribution in [2.75, 3.05) is 34.4 Å². The molecular weight excluding hydrogens is 335 g/mol. The third-order valence-corrected chi connectivity index (χ3v) is 5.57. The Balaban J connectivity index is 0.00000242. The van der Waals surface area contributed by atoms with Crippen molar-refractivity contribution >= 4 is 22.4 Å². The minimum absolute atomic E-state index is 0. The van der Waals surface area contributed by atoms with Gasteiger partial charge in [-0.25, -0.2) is 12.8 Å². The summed E-state index contributed by atoms with van der Waals surface area (Å²) in [5.74, 6) is -0.528. The molecule has 1 aliphatic heterocycles. The van der Waals surface area contributed by atoms with E-state index in [4.69, 9.17) is 9.47 Å². The molecule has 1 N–H and O–H groups in total. The van der Waals surface area contributed by atoms with Crippen LogP contribution in [0.3, 0.4) is 0 Å². The lowest BCUT2D eigenvalue weighted by Gasteiger charge is -2.23. The molecule has 0 amide bonds. The topological polar surface area (TPSA) is 67.9 Å². The van der Waals surface area contributed by atoms with Crippen LogP contribution in [-0.4, -0.2) is 53.1 Å². The molecule has 1 fully saturated rings. The van der Waals surface area contributed by atoms with Crippen LogP contribution in [0.1, 0.15) is 6.42 Å². The molecule has 9 heteroatoms. The van der Waals surface area contributed by atoms with Crippen molar-refractivity contribution < 1.29 is 22.3 Å². The Hall–Kier alpha value is -1.09. The first-order chi connectivity index (χ1) is 9.91. The Bertz CT molecular complexity index is 621. The van der Waals surface area contributed by atoms with Crippen LogP contribution in [0.25, 0.3) is 0 Å². The van der Waals surface area contributed by atoms with Crippen LogP contribution >= 0.6 is 12.4 Å². The van der Waals surface area contributed by atoms with Crippen molar-refractivity contribution in [2.24, 2.45) is 0 Å². The summed E-state index contributed by atoms with van der Waals surface area (Å²) in [5, 5.41) is 3.09. The van der Waals surface area contributed by atoms with Gasteiger partial charge in [0, 0.05) is 31.8 Å². The predicted octanol–water partition coefficient (Wildman–Crippen LogP) is 1.25. The van der Waals surface area contributed by atoms with E-state index < -0.39 is 20.7 Å². The average Bonchev–Trinajstić information content (AvgIpc) is 2.99. The van der Waals surface area contributed by atoms with E-state index in [0.29, 0.717) is 13.0 Å². The maximum absolute atomic E-state index is 14.1. The highest BCUT2D eigenvalue weighted by molar-refractivity contribution is 7.89. The summed E-state index contributed by atoms with van der Waals surface area (Å²) in [5.41, 5.74) is 0. The van der Waals surface area contributed by atoms with Gasteiger partial charge in [-0.05, 0) is 13.0 Å². The first-order valence-corrected chi connectivity index (χ1v) is 7.96. The van der Waals surface area contributed by atoms with Gasteiger partial charge in [0.05, 0.1) is 14.2 Å². The molecule has 0 aromatic heterocycles. The first-order valence-electron chi connectivity index (χ1n) is 6.52. The van der Waals surface area contributed by atoms with E-state index >= 15 is 0 Å². The van der Waals surface area contributed by atoms with Gasteiger partial charge in [0.15, 0.2) is 11.5 Å². The molecule has 0 spiro atoms. The van der Waals surface area contributed by atoms with Crippen LogP contribution in [0.4, 0.5) is 4.39 Å². The number of nitrogens with zero attached hydrogens (tertiary/aromatic N) is 1. The molecule has 2 rings (SSSR count). The molecule has 0 bridgehead atoms. The number of nitrogens with one attached hydrogen (secondary N) is 1. The minimum Gasteiger partial charge on any atom is -0.493 e. The summed E-state index contributed by atoms with van der Waals surface area (Å²) in [6, 6.07) is 2.00. The summed E-state index contributed by atoms with van der Waals surface area (Å²) < 4.78 is 50.5. The van der Waals surface area contributed by atoms with Gasteiger partial charge in [0.25, 0.3) is 0 Å². The zero-order chi connectivity index (χ0) is 15.6. The lowest BCUT2D eigenvalue weighted by Crippen LogP contribution is -2.38. The molecule has 0 saturated carbocycles. The van der Waals surface area contributed by atoms with Crippen LogP contribution in [-0.2, 0) is 10.0 Å². The summed E-state index contributed by atoms with van der Waals surface area (Å²) in [6.45, 7) is 1.31. The van der Waals surface area contributed by atoms with Crippen molar-refractivity contribution in [2.45, 2.75) is 17.4 Å². The smallest absolute Gasteiger partial charge is 0.246 e. The van der Waals surface area contributed by atoms with Crippen LogP contribution in [0.15, 0.2) is 17.0 Å². The van der Waals surface area contributed by atoms with E-state index in [0.717, 1.165) is 18.7 Å². The van der Waals surface area contributed by atoms with E-state index in [1.807, 2.05) is 0 Å². The zero-order valence-corrected chi connectivity index (χ0v) is 14.3. The van der Waals surface area contributed by atoms with Gasteiger partial charge < -0.3 is 14.8 Å². The van der Waals surface area contributed by atoms with E-state index in [1.54, 1.807) is 0 Å². The molecule has 0 radical (unpaired) electrons. The number of rotatable bonds is 5. The van der Waals surface area contributed by atoms with E-state index in [1.165, 1.54) is 25.6 Å². The average molecular weight is 355 g/mol. The fourth-order valence-corrected chi connectivity index (χ4v) is 3.78. The molecule has 1 saturated heterocycles. The van der Waals surface area contributed by atoms with Crippen LogP contribution < -0.4 is 14.8 Å². The van der Waals surface area contributed by atoms with E-state index in [9.17, 15) is 12.8 Å². The molecule has 22 heavy (non-hydrogen) atoms. The number of hydrogen-bond donors (Lipinski definition) is 1. The number of likely N-dealkylation sites (N-methyl/N-ethyl adjacent to an activating group) is 1. The minimum atomic E-state index is -3.93. The fraction of sp³-hybridized carbons (Fsp3) is 0.538. The Morgan fingerprint density at radius 2 is 1.86 bits per heavy atom. The largest absolute Gasteiger partial charge is 0.493 e. The maximum atomic E-state index is 14.1. The highest BCUT2D eigenvalue weighted by atomic mass is 35.5. The predicted molar refractivity (Wildman–Crippen MR) is 83.0 cm³/mol. The molecule has 0 aliphatic carbocycles. The van der Waals surface area contributed by atoms with Gasteiger partial charge in [0.2, 0.25) is 10.0 Å². The molecule has 1 heterocycles. The van der Waals surface area contributed by atoms with Gasteiger partial charge in [-0.15, -0.1) is 12.4 Å². The number of ether oxygens (including phenoxy) is 2. The van der Waals surface area contributed by atoms with Crippen LogP contribution in [0, 0.1) is 5.82 Å². The van der Waals surface area contributed by atoms with Gasteiger partial charge in [-0.3, -0.25) is 0 Å². The molecule has 6 nitrogen and oxygen atoms in total. The summed E-state index contributed by atoms with van der Waals surface area (Å²) >= 11 is 0. The number of benzene rings is 1. The zero-order valence-electron chi connectivity index (χ0n) is 12.6. The van der Waals surface area contributed by atoms with Gasteiger partial charge >= 0.3 is 0 Å². The van der Waals surface area contributed by atoms with Gasteiger partial charge in [-0.2, -0.15) is 4.31 Å². The monoisotopic (exact) mass is 354 g/mol. The Kier molecular flexibility index (Phi) is 6.42. The summed E-state index contributed by atoms with van der Waals surface area (Å²) in [7, 11) is 0.268. The molecule has 1 aromatic carbocycles. The van der Waals surface area contributed by atoms with Crippen LogP contribution in [0.5, 0.6) is 11.5 Å². The number of halogens is 2. The Morgan fingerprint density at radius 3 is 2.36 bits per heavy atom. The molecule has 1 aromatic rings. The third kappa shape index (κ3) is 3.45. The summed E-state index contributed by atoms with van der Waals surface area (Å²) in [6.07, 6.45) is 0.699. The Labute approximate surface area is 136 Å². The van der Waals surface area contributed by atoms with E-state index in [-0.39, 0.29) is 29.9 Å². The van der Waals surface area contributed by atoms with Gasteiger partial charge in [0.1, 0.15) is 10.7 Å². The van der Waals surface area contributed by atoms with Crippen molar-refractivity contribution in [1.82, 2.24) is 9.62 Å². The number of methoxy groups -OCH3 is 2. The maximum Gasteiger partial charge on any atom is 0.246 e. The summed E-state index contributed by atoms with van der Waals surface area (Å²) in [4.78, 5) is -0.408. The molecule has 1 aliphatic rings. The highest BCUT2D eigenvalue weighted by Crippen LogP contribution is 2.33. The number of sulfonamides is 1. The second-order valence-electron chi connectivity index (χ2n) is 4.81. The van der Waals surface area contributed by atoms with Crippen LogP contribution in [0.2, 0.25) is 0 Å². The van der Waals surface area contributed by atoms with Crippen molar-refractivity contribution in [3.63, 3.8) is 0 Å². The van der Waals surface area contributed by atoms with Crippen molar-refractivity contribution in [3.8, 4) is 11.5 Å². The third-order valence-electron chi connectivity index (χ3n) is 3.64. The van der Waals surface area contributed by atoms with E-state index in [2.05, 4.69) is 5.32 Å². The molecule has 1 unspecified atom stereocenters. The molecule has 1 atom stereocenters. The fourth-order valence-electron chi connectivity index (χ4n) is 2.33. The quantitative estimate of drug-likeness (QED) is 0.862. The standard InChI is InChI=1S/C13H19FN2O4S.ClH/c1-16(9-4-5-15-8-9)21(17,18)13-7-12(20-3)11(19-2)6-10(13)14;/h6-7,9,15H,4-5,8H2,1-3H3;1H. The molecule has 126 valence electrons. The second kappa shape index (κ2) is 7.45. The molecular formula is C13H20ClFN2O4S. The number of hydrogen-bond acceptors (Lipinski definition) is 5. The first kappa shape index (κ1) is 19.0.